The molecule has 2 aromatic rings. The number of primary amides is 1. The van der Waals surface area contributed by atoms with Crippen LogP contribution in [0.2, 0.25) is 0 Å². The molecule has 0 spiro atoms. The third-order valence-corrected chi connectivity index (χ3v) is 3.47. The van der Waals surface area contributed by atoms with E-state index in [1.807, 2.05) is 35.6 Å². The predicted molar refractivity (Wildman–Crippen MR) is 76.6 cm³/mol. The van der Waals surface area contributed by atoms with E-state index in [0.29, 0.717) is 12.3 Å². The topological polar surface area (TPSA) is 111 Å². The number of imide groups is 1. The van der Waals surface area contributed by atoms with Crippen molar-refractivity contribution in [2.24, 2.45) is 5.73 Å². The second kappa shape index (κ2) is 6.89. The Bertz CT molecular complexity index is 629. The van der Waals surface area contributed by atoms with Crippen LogP contribution in [0.4, 0.5) is 4.79 Å². The van der Waals surface area contributed by atoms with Gasteiger partial charge in [-0.05, 0) is 12.5 Å². The lowest BCUT2D eigenvalue weighted by Gasteiger charge is -2.06. The van der Waals surface area contributed by atoms with Gasteiger partial charge in [-0.1, -0.05) is 42.1 Å². The molecule has 0 unspecified atom stereocenters. The summed E-state index contributed by atoms with van der Waals surface area (Å²) in [5, 5.41) is 9.49. The number of nitrogens with two attached hydrogens (primary N) is 1. The minimum Gasteiger partial charge on any atom is -0.416 e. The molecule has 21 heavy (non-hydrogen) atoms. The van der Waals surface area contributed by atoms with Gasteiger partial charge in [-0.15, -0.1) is 10.2 Å². The van der Waals surface area contributed by atoms with Crippen LogP contribution < -0.4 is 11.1 Å². The minimum atomic E-state index is -0.886. The van der Waals surface area contributed by atoms with Crippen molar-refractivity contribution in [3.8, 4) is 0 Å². The number of hydrogen-bond donors (Lipinski definition) is 2. The van der Waals surface area contributed by atoms with Gasteiger partial charge in [0.25, 0.3) is 5.22 Å². The fourth-order valence-electron chi connectivity index (χ4n) is 1.56. The highest BCUT2D eigenvalue weighted by atomic mass is 32.2. The maximum atomic E-state index is 11.5. The molecule has 110 valence electrons. The first-order chi connectivity index (χ1) is 10.0. The summed E-state index contributed by atoms with van der Waals surface area (Å²) in [5.74, 6) is -0.0403. The van der Waals surface area contributed by atoms with Gasteiger partial charge in [0.15, 0.2) is 0 Å². The van der Waals surface area contributed by atoms with Gasteiger partial charge in [-0.2, -0.15) is 0 Å². The molecule has 1 aromatic carbocycles. The first kappa shape index (κ1) is 15.0. The molecule has 0 aliphatic rings. The Morgan fingerprint density at radius 1 is 1.33 bits per heavy atom. The quantitative estimate of drug-likeness (QED) is 0.806. The Balaban J connectivity index is 1.94. The van der Waals surface area contributed by atoms with E-state index in [0.717, 1.165) is 17.3 Å². The summed E-state index contributed by atoms with van der Waals surface area (Å²) in [6.45, 7) is 1.62. The number of carbonyl (C=O) groups is 2. The van der Waals surface area contributed by atoms with Gasteiger partial charge < -0.3 is 10.2 Å². The van der Waals surface area contributed by atoms with Crippen LogP contribution in [0.1, 0.15) is 18.4 Å². The van der Waals surface area contributed by atoms with Gasteiger partial charge in [0.05, 0.1) is 11.7 Å². The molecule has 0 bridgehead atoms. The lowest BCUT2D eigenvalue weighted by atomic mass is 10.2. The second-order valence-corrected chi connectivity index (χ2v) is 5.53. The molecule has 1 aromatic heterocycles. The molecule has 1 atom stereocenters. The summed E-state index contributed by atoms with van der Waals surface area (Å²) >= 11 is 1.06. The van der Waals surface area contributed by atoms with E-state index < -0.39 is 17.2 Å². The zero-order chi connectivity index (χ0) is 15.2. The highest BCUT2D eigenvalue weighted by Gasteiger charge is 2.19. The molecule has 3 N–H and O–H groups in total. The van der Waals surface area contributed by atoms with Crippen LogP contribution in [0.5, 0.6) is 0 Å². The van der Waals surface area contributed by atoms with E-state index in [2.05, 4.69) is 10.2 Å². The second-order valence-electron chi connectivity index (χ2n) is 4.24. The largest absolute Gasteiger partial charge is 0.416 e. The average Bonchev–Trinajstić information content (AvgIpc) is 2.86. The van der Waals surface area contributed by atoms with Gasteiger partial charge >= 0.3 is 6.03 Å². The molecule has 7 nitrogen and oxygen atoms in total. The predicted octanol–water partition coefficient (Wildman–Crippen LogP) is 1.34. The molecule has 2 rings (SSSR count). The number of urea groups is 1. The van der Waals surface area contributed by atoms with Gasteiger partial charge in [0.1, 0.15) is 0 Å². The van der Waals surface area contributed by atoms with E-state index in [4.69, 9.17) is 10.2 Å². The van der Waals surface area contributed by atoms with E-state index in [1.165, 1.54) is 0 Å². The standard InChI is InChI=1S/C13H14N4O3S/c1-8(11(18)15-12(14)19)21-13-17-16-10(20-13)7-9-5-3-2-4-6-9/h2-6,8H,7H2,1H3,(H3,14,15,18,19)/t8-/m0/s1. The van der Waals surface area contributed by atoms with Crippen LogP contribution in [-0.4, -0.2) is 27.4 Å². The molecular weight excluding hydrogens is 292 g/mol. The van der Waals surface area contributed by atoms with Crippen molar-refractivity contribution in [3.63, 3.8) is 0 Å². The highest BCUT2D eigenvalue weighted by Crippen LogP contribution is 2.22. The normalized spacial score (nSPS) is 11.9. The average molecular weight is 306 g/mol. The first-order valence-electron chi connectivity index (χ1n) is 6.18. The summed E-state index contributed by atoms with van der Waals surface area (Å²) in [7, 11) is 0. The molecule has 0 aliphatic carbocycles. The third kappa shape index (κ3) is 4.60. The Morgan fingerprint density at radius 2 is 2.05 bits per heavy atom. The smallest absolute Gasteiger partial charge is 0.318 e. The van der Waals surface area contributed by atoms with Crippen LogP contribution in [-0.2, 0) is 11.2 Å². The van der Waals surface area contributed by atoms with Crippen molar-refractivity contribution >= 4 is 23.7 Å². The number of amides is 3. The van der Waals surface area contributed by atoms with Crippen molar-refractivity contribution in [2.75, 3.05) is 0 Å². The number of hydrogen-bond acceptors (Lipinski definition) is 6. The monoisotopic (exact) mass is 306 g/mol. The third-order valence-electron chi connectivity index (χ3n) is 2.54. The number of nitrogens with zero attached hydrogens (tertiary/aromatic N) is 2. The van der Waals surface area contributed by atoms with Crippen molar-refractivity contribution in [1.29, 1.82) is 0 Å². The van der Waals surface area contributed by atoms with E-state index in [-0.39, 0.29) is 5.22 Å². The van der Waals surface area contributed by atoms with Crippen LogP contribution in [0.15, 0.2) is 40.0 Å². The molecule has 0 radical (unpaired) electrons. The number of rotatable bonds is 5. The van der Waals surface area contributed by atoms with Crippen LogP contribution in [0, 0.1) is 0 Å². The summed E-state index contributed by atoms with van der Waals surface area (Å²) < 4.78 is 5.46. The van der Waals surface area contributed by atoms with Crippen molar-refractivity contribution in [2.45, 2.75) is 23.8 Å². The SMILES string of the molecule is C[C@H](Sc1nnc(Cc2ccccc2)o1)C(=O)NC(N)=O. The lowest BCUT2D eigenvalue weighted by Crippen LogP contribution is -2.39. The van der Waals surface area contributed by atoms with E-state index >= 15 is 0 Å². The molecule has 0 saturated heterocycles. The molecule has 8 heteroatoms. The molecule has 0 fully saturated rings. The molecule has 0 aliphatic heterocycles. The maximum Gasteiger partial charge on any atom is 0.318 e. The van der Waals surface area contributed by atoms with Gasteiger partial charge in [0, 0.05) is 0 Å². The zero-order valence-electron chi connectivity index (χ0n) is 11.3. The van der Waals surface area contributed by atoms with Crippen molar-refractivity contribution < 1.29 is 14.0 Å². The Kier molecular flexibility index (Phi) is 4.94. The zero-order valence-corrected chi connectivity index (χ0v) is 12.1. The number of aromatic nitrogens is 2. The summed E-state index contributed by atoms with van der Waals surface area (Å²) in [6.07, 6.45) is 0.524. The van der Waals surface area contributed by atoms with Crippen LogP contribution >= 0.6 is 11.8 Å². The summed E-state index contributed by atoms with van der Waals surface area (Å²) in [6, 6.07) is 8.81. The van der Waals surface area contributed by atoms with Gasteiger partial charge in [-0.3, -0.25) is 10.1 Å². The Hall–Kier alpha value is -2.35. The van der Waals surface area contributed by atoms with Crippen LogP contribution in [0.3, 0.4) is 0 Å². The van der Waals surface area contributed by atoms with Crippen molar-refractivity contribution in [1.82, 2.24) is 15.5 Å². The molecule has 3 amide bonds. The van der Waals surface area contributed by atoms with Gasteiger partial charge in [0.2, 0.25) is 11.8 Å². The molecule has 0 saturated carbocycles. The fraction of sp³-hybridized carbons (Fsp3) is 0.231. The summed E-state index contributed by atoms with van der Waals surface area (Å²) in [4.78, 5) is 22.1. The number of thioether (sulfide) groups is 1. The molecular formula is C13H14N4O3S. The van der Waals surface area contributed by atoms with E-state index in [9.17, 15) is 9.59 Å². The van der Waals surface area contributed by atoms with Gasteiger partial charge in [-0.25, -0.2) is 4.79 Å². The van der Waals surface area contributed by atoms with Crippen LogP contribution in [0.25, 0.3) is 0 Å². The lowest BCUT2D eigenvalue weighted by molar-refractivity contribution is -0.119. The fourth-order valence-corrected chi connectivity index (χ4v) is 2.26. The number of nitrogens with one attached hydrogen (secondary N) is 1. The minimum absolute atomic E-state index is 0.271. The first-order valence-corrected chi connectivity index (χ1v) is 7.06. The Labute approximate surface area is 125 Å². The van der Waals surface area contributed by atoms with E-state index in [1.54, 1.807) is 6.92 Å². The van der Waals surface area contributed by atoms with Crippen molar-refractivity contribution in [3.05, 3.63) is 41.8 Å². The highest BCUT2D eigenvalue weighted by molar-refractivity contribution is 8.00. The number of carbonyl (C=O) groups excluding carboxylic acids is 2. The summed E-state index contributed by atoms with van der Waals surface area (Å²) in [5.41, 5.74) is 5.94. The molecule has 1 heterocycles. The Morgan fingerprint density at radius 3 is 2.71 bits per heavy atom. The number of benzene rings is 1. The maximum absolute atomic E-state index is 11.5.